The zero-order valence-corrected chi connectivity index (χ0v) is 14.9. The molecule has 7 nitrogen and oxygen atoms in total. The first-order chi connectivity index (χ1) is 12.0. The van der Waals surface area contributed by atoms with Crippen molar-refractivity contribution in [2.75, 3.05) is 7.11 Å². The molecule has 0 fully saturated rings. The maximum Gasteiger partial charge on any atom is 0.349 e. The highest BCUT2D eigenvalue weighted by Gasteiger charge is 2.24. The number of benzene rings is 1. The largest absolute Gasteiger partial charge is 0.465 e. The number of hydrogen-bond donors (Lipinski definition) is 1. The van der Waals surface area contributed by atoms with Gasteiger partial charge in [0.2, 0.25) is 10.0 Å². The molecule has 0 spiro atoms. The molecule has 0 amide bonds. The summed E-state index contributed by atoms with van der Waals surface area (Å²) in [4.78, 5) is 11.6. The van der Waals surface area contributed by atoms with E-state index in [-0.39, 0.29) is 16.3 Å². The van der Waals surface area contributed by atoms with E-state index in [9.17, 15) is 13.2 Å². The lowest BCUT2D eigenvalue weighted by molar-refractivity contribution is 0.0602. The molecule has 0 aliphatic rings. The van der Waals surface area contributed by atoms with Crippen LogP contribution in [0.15, 0.2) is 58.9 Å². The molecule has 1 N–H and O–H groups in total. The average molecular weight is 377 g/mol. The zero-order chi connectivity index (χ0) is 17.9. The Morgan fingerprint density at radius 3 is 2.72 bits per heavy atom. The van der Waals surface area contributed by atoms with Crippen molar-refractivity contribution in [2.45, 2.75) is 11.4 Å². The molecule has 0 atom stereocenters. The quantitative estimate of drug-likeness (QED) is 0.665. The van der Waals surface area contributed by atoms with Gasteiger partial charge in [-0.3, -0.25) is 0 Å². The molecule has 0 saturated heterocycles. The van der Waals surface area contributed by atoms with Crippen molar-refractivity contribution in [1.82, 2.24) is 14.5 Å². The van der Waals surface area contributed by atoms with E-state index in [1.54, 1.807) is 16.9 Å². The molecule has 9 heteroatoms. The first kappa shape index (κ1) is 17.3. The number of methoxy groups -OCH3 is 1. The van der Waals surface area contributed by atoms with Crippen LogP contribution in [0.3, 0.4) is 0 Å². The van der Waals surface area contributed by atoms with Gasteiger partial charge in [0.05, 0.1) is 25.0 Å². The third-order valence-corrected chi connectivity index (χ3v) is 5.87. The first-order valence-electron chi connectivity index (χ1n) is 7.27. The summed E-state index contributed by atoms with van der Waals surface area (Å²) in [5, 5.41) is 5.87. The molecule has 2 heterocycles. The molecule has 25 heavy (non-hydrogen) atoms. The van der Waals surface area contributed by atoms with E-state index in [2.05, 4.69) is 14.6 Å². The third kappa shape index (κ3) is 3.78. The van der Waals surface area contributed by atoms with Gasteiger partial charge in [-0.15, -0.1) is 11.3 Å². The minimum atomic E-state index is -3.85. The van der Waals surface area contributed by atoms with E-state index in [1.807, 2.05) is 30.3 Å². The smallest absolute Gasteiger partial charge is 0.349 e. The highest BCUT2D eigenvalue weighted by atomic mass is 32.2. The molecule has 0 saturated carbocycles. The Bertz CT molecular complexity index is 978. The van der Waals surface area contributed by atoms with Crippen LogP contribution in [0.4, 0.5) is 0 Å². The van der Waals surface area contributed by atoms with Crippen molar-refractivity contribution >= 4 is 27.3 Å². The number of rotatable bonds is 6. The number of thiophene rings is 1. The summed E-state index contributed by atoms with van der Waals surface area (Å²) < 4.78 is 33.6. The number of carbonyl (C=O) groups excluding carboxylic acids is 1. The van der Waals surface area contributed by atoms with E-state index < -0.39 is 16.0 Å². The van der Waals surface area contributed by atoms with Crippen LogP contribution in [-0.4, -0.2) is 31.3 Å². The van der Waals surface area contributed by atoms with Crippen LogP contribution in [0.1, 0.15) is 15.4 Å². The number of nitrogens with one attached hydrogen (secondary N) is 1. The van der Waals surface area contributed by atoms with Gasteiger partial charge in [0.15, 0.2) is 0 Å². The highest BCUT2D eigenvalue weighted by Crippen LogP contribution is 2.22. The minimum Gasteiger partial charge on any atom is -0.465 e. The van der Waals surface area contributed by atoms with E-state index in [4.69, 9.17) is 0 Å². The number of aromatic nitrogens is 2. The van der Waals surface area contributed by atoms with Gasteiger partial charge in [-0.05, 0) is 29.6 Å². The lowest BCUT2D eigenvalue weighted by atomic mass is 10.3. The molecule has 0 aliphatic heterocycles. The predicted octanol–water partition coefficient (Wildman–Crippen LogP) is 2.20. The first-order valence-corrected chi connectivity index (χ1v) is 9.63. The third-order valence-electron chi connectivity index (χ3n) is 3.40. The maximum absolute atomic E-state index is 12.4. The van der Waals surface area contributed by atoms with Crippen LogP contribution in [-0.2, 0) is 21.3 Å². The van der Waals surface area contributed by atoms with Crippen LogP contribution in [0.25, 0.3) is 5.69 Å². The highest BCUT2D eigenvalue weighted by molar-refractivity contribution is 7.89. The standard InChI is InChI=1S/C16H15N3O4S2/c1-23-16(20)15-14(8-10-24-15)25(21,22)17-11-12-7-9-19(18-12)13-5-3-2-4-6-13/h2-10,17H,11H2,1H3. The molecule has 0 radical (unpaired) electrons. The van der Waals surface area contributed by atoms with Gasteiger partial charge in [-0.1, -0.05) is 18.2 Å². The topological polar surface area (TPSA) is 90.3 Å². The second kappa shape index (κ2) is 7.18. The van der Waals surface area contributed by atoms with Crippen molar-refractivity contribution < 1.29 is 17.9 Å². The number of sulfonamides is 1. The summed E-state index contributed by atoms with van der Waals surface area (Å²) >= 11 is 1.02. The monoisotopic (exact) mass is 377 g/mol. The Balaban J connectivity index is 1.74. The number of ether oxygens (including phenoxy) is 1. The summed E-state index contributed by atoms with van der Waals surface area (Å²) in [6, 6.07) is 12.6. The van der Waals surface area contributed by atoms with Crippen molar-refractivity contribution in [1.29, 1.82) is 0 Å². The fourth-order valence-corrected chi connectivity index (χ4v) is 4.51. The van der Waals surface area contributed by atoms with Crippen LogP contribution < -0.4 is 4.72 Å². The van der Waals surface area contributed by atoms with Crippen molar-refractivity contribution in [3.8, 4) is 5.69 Å². The van der Waals surface area contributed by atoms with E-state index in [0.29, 0.717) is 5.69 Å². The van der Waals surface area contributed by atoms with Crippen molar-refractivity contribution in [2.24, 2.45) is 0 Å². The average Bonchev–Trinajstić information content (AvgIpc) is 3.30. The van der Waals surface area contributed by atoms with Crippen molar-refractivity contribution in [3.05, 3.63) is 64.6 Å². The fourth-order valence-electron chi connectivity index (χ4n) is 2.18. The summed E-state index contributed by atoms with van der Waals surface area (Å²) in [6.45, 7) is 0.0125. The second-order valence-corrected chi connectivity index (χ2v) is 7.67. The van der Waals surface area contributed by atoms with E-state index in [1.165, 1.54) is 18.6 Å². The van der Waals surface area contributed by atoms with Gasteiger partial charge < -0.3 is 4.74 Å². The Morgan fingerprint density at radius 1 is 1.24 bits per heavy atom. The van der Waals surface area contributed by atoms with Crippen LogP contribution in [0.2, 0.25) is 0 Å². The van der Waals surface area contributed by atoms with Crippen LogP contribution in [0.5, 0.6) is 0 Å². The Hall–Kier alpha value is -2.49. The van der Waals surface area contributed by atoms with Gasteiger partial charge in [0, 0.05) is 6.20 Å². The van der Waals surface area contributed by atoms with Gasteiger partial charge in [0.1, 0.15) is 9.77 Å². The van der Waals surface area contributed by atoms with E-state index in [0.717, 1.165) is 17.0 Å². The second-order valence-electron chi connectivity index (χ2n) is 5.02. The molecule has 3 aromatic rings. The van der Waals surface area contributed by atoms with Gasteiger partial charge in [-0.25, -0.2) is 22.6 Å². The minimum absolute atomic E-state index is 0.0125. The maximum atomic E-state index is 12.4. The van der Waals surface area contributed by atoms with Gasteiger partial charge in [0.25, 0.3) is 0 Å². The normalized spacial score (nSPS) is 11.4. The zero-order valence-electron chi connectivity index (χ0n) is 13.2. The summed E-state index contributed by atoms with van der Waals surface area (Å²) in [7, 11) is -2.64. The van der Waals surface area contributed by atoms with E-state index >= 15 is 0 Å². The van der Waals surface area contributed by atoms with Gasteiger partial charge in [-0.2, -0.15) is 5.10 Å². The molecule has 1 aromatic carbocycles. The number of para-hydroxylation sites is 1. The molecule has 3 rings (SSSR count). The SMILES string of the molecule is COC(=O)c1sccc1S(=O)(=O)NCc1ccn(-c2ccccc2)n1. The summed E-state index contributed by atoms with van der Waals surface area (Å²) in [6.07, 6.45) is 1.75. The van der Waals surface area contributed by atoms with Crippen molar-refractivity contribution in [3.63, 3.8) is 0 Å². The number of nitrogens with zero attached hydrogens (tertiary/aromatic N) is 2. The van der Waals surface area contributed by atoms with Gasteiger partial charge >= 0.3 is 5.97 Å². The molecule has 130 valence electrons. The lowest BCUT2D eigenvalue weighted by Crippen LogP contribution is -2.24. The Morgan fingerprint density at radius 2 is 2.00 bits per heavy atom. The Kier molecular flexibility index (Phi) is 4.98. The molecule has 2 aromatic heterocycles. The predicted molar refractivity (Wildman–Crippen MR) is 93.2 cm³/mol. The molecule has 0 bridgehead atoms. The number of carbonyl (C=O) groups is 1. The molecule has 0 unspecified atom stereocenters. The summed E-state index contributed by atoms with van der Waals surface area (Å²) in [5.41, 5.74) is 1.43. The lowest BCUT2D eigenvalue weighted by Gasteiger charge is -2.06. The number of hydrogen-bond acceptors (Lipinski definition) is 6. The molecular weight excluding hydrogens is 362 g/mol. The van der Waals surface area contributed by atoms with Crippen LogP contribution in [0, 0.1) is 0 Å². The fraction of sp³-hybridized carbons (Fsp3) is 0.125. The Labute approximate surface area is 148 Å². The number of esters is 1. The molecular formula is C16H15N3O4S2. The van der Waals surface area contributed by atoms with Crippen LogP contribution >= 0.6 is 11.3 Å². The summed E-state index contributed by atoms with van der Waals surface area (Å²) in [5.74, 6) is -0.677. The molecule has 0 aliphatic carbocycles.